The molecule has 0 saturated heterocycles. The van der Waals surface area contributed by atoms with Crippen molar-refractivity contribution >= 4 is 22.4 Å². The van der Waals surface area contributed by atoms with Crippen molar-refractivity contribution in [1.29, 1.82) is 0 Å². The van der Waals surface area contributed by atoms with Crippen molar-refractivity contribution < 1.29 is 14.1 Å². The summed E-state index contributed by atoms with van der Waals surface area (Å²) in [5, 5.41) is 10.8. The summed E-state index contributed by atoms with van der Waals surface area (Å²) in [4.78, 5) is 46.5. The van der Waals surface area contributed by atoms with E-state index in [2.05, 4.69) is 0 Å². The van der Waals surface area contributed by atoms with Crippen molar-refractivity contribution in [3.8, 4) is 0 Å². The highest BCUT2D eigenvalue weighted by atomic mass is 16.6. The van der Waals surface area contributed by atoms with E-state index in [9.17, 15) is 24.5 Å². The number of carbonyl (C=O) groups is 1. The van der Waals surface area contributed by atoms with Gasteiger partial charge in [0.25, 0.3) is 11.2 Å². The molecule has 120 valence electrons. The van der Waals surface area contributed by atoms with Gasteiger partial charge < -0.3 is 4.42 Å². The molecule has 2 aromatic carbocycles. The van der Waals surface area contributed by atoms with Gasteiger partial charge in [0.15, 0.2) is 5.78 Å². The molecule has 0 saturated carbocycles. The van der Waals surface area contributed by atoms with Gasteiger partial charge in [-0.2, -0.15) is 0 Å². The molecule has 0 atom stereocenters. The number of Topliss-reactive ketones (excluding diaryl/α,β-unsaturated/α-hetero) is 1. The molecular weight excluding hydrogens is 316 g/mol. The number of ketones is 1. The number of nitrogens with zero attached hydrogens (tertiary/aromatic N) is 2. The van der Waals surface area contributed by atoms with E-state index in [1.807, 2.05) is 0 Å². The summed E-state index contributed by atoms with van der Waals surface area (Å²) in [7, 11) is 0. The second kappa shape index (κ2) is 5.92. The largest absolute Gasteiger partial charge is 0.422 e. The Morgan fingerprint density at radius 3 is 2.42 bits per heavy atom. The summed E-state index contributed by atoms with van der Waals surface area (Å²) < 4.78 is 5.73. The minimum atomic E-state index is -0.936. The third-order valence-electron chi connectivity index (χ3n) is 3.48. The van der Waals surface area contributed by atoms with Crippen molar-refractivity contribution in [2.75, 3.05) is 0 Å². The normalized spacial score (nSPS) is 10.7. The Balaban J connectivity index is 1.97. The second-order valence-corrected chi connectivity index (χ2v) is 4.98. The van der Waals surface area contributed by atoms with E-state index in [0.717, 1.165) is 0 Å². The molecule has 8 heteroatoms. The third kappa shape index (κ3) is 2.72. The third-order valence-corrected chi connectivity index (χ3v) is 3.48. The van der Waals surface area contributed by atoms with Crippen LogP contribution in [0.4, 0.5) is 5.69 Å². The summed E-state index contributed by atoms with van der Waals surface area (Å²) in [6.45, 7) is -0.510. The first-order valence-electron chi connectivity index (χ1n) is 6.88. The highest BCUT2D eigenvalue weighted by Crippen LogP contribution is 2.13. The zero-order valence-electron chi connectivity index (χ0n) is 12.2. The summed E-state index contributed by atoms with van der Waals surface area (Å²) in [6, 6.07) is 11.1. The molecule has 0 aliphatic rings. The average molecular weight is 326 g/mol. The number of nitro groups is 1. The molecule has 3 aromatic rings. The van der Waals surface area contributed by atoms with Crippen LogP contribution in [0, 0.1) is 10.1 Å². The number of aromatic nitrogens is 1. The Bertz CT molecular complexity index is 1060. The number of rotatable bonds is 4. The van der Waals surface area contributed by atoms with Gasteiger partial charge in [-0.3, -0.25) is 19.7 Å². The summed E-state index contributed by atoms with van der Waals surface area (Å²) in [6.07, 6.45) is 0. The topological polar surface area (TPSA) is 112 Å². The Hall–Kier alpha value is -3.55. The standard InChI is InChI=1S/C16H10N2O6/c19-13(10-5-7-11(8-6-10)18(22)23)9-17-15(20)12-3-1-2-4-14(12)24-16(17)21/h1-8H,9H2. The maximum absolute atomic E-state index is 12.3. The molecule has 0 N–H and O–H groups in total. The maximum Gasteiger partial charge on any atom is 0.422 e. The van der Waals surface area contributed by atoms with E-state index in [4.69, 9.17) is 4.42 Å². The van der Waals surface area contributed by atoms with E-state index < -0.39 is 28.6 Å². The first-order chi connectivity index (χ1) is 11.5. The molecule has 0 bridgehead atoms. The van der Waals surface area contributed by atoms with Gasteiger partial charge in [0.05, 0.1) is 16.9 Å². The molecular formula is C16H10N2O6. The van der Waals surface area contributed by atoms with E-state index >= 15 is 0 Å². The Morgan fingerprint density at radius 1 is 1.08 bits per heavy atom. The first kappa shape index (κ1) is 15.3. The van der Waals surface area contributed by atoms with Crippen LogP contribution in [0.5, 0.6) is 0 Å². The number of hydrogen-bond acceptors (Lipinski definition) is 6. The molecule has 0 amide bonds. The van der Waals surface area contributed by atoms with Gasteiger partial charge in [0, 0.05) is 17.7 Å². The fraction of sp³-hybridized carbons (Fsp3) is 0.0625. The van der Waals surface area contributed by atoms with Crippen LogP contribution < -0.4 is 11.3 Å². The average Bonchev–Trinajstić information content (AvgIpc) is 2.58. The van der Waals surface area contributed by atoms with E-state index in [1.54, 1.807) is 12.1 Å². The lowest BCUT2D eigenvalue weighted by Crippen LogP contribution is -2.35. The number of carbonyl (C=O) groups excluding carboxylic acids is 1. The Labute approximate surface area is 133 Å². The number of non-ortho nitro benzene ring substituents is 1. The van der Waals surface area contributed by atoms with Crippen molar-refractivity contribution in [3.63, 3.8) is 0 Å². The van der Waals surface area contributed by atoms with E-state index in [-0.39, 0.29) is 22.2 Å². The molecule has 0 aliphatic carbocycles. The molecule has 24 heavy (non-hydrogen) atoms. The van der Waals surface area contributed by atoms with Gasteiger partial charge in [0.1, 0.15) is 5.58 Å². The SMILES string of the molecule is O=C(Cn1c(=O)oc2ccccc2c1=O)c1ccc([N+](=O)[O-])cc1. The summed E-state index contributed by atoms with van der Waals surface area (Å²) >= 11 is 0. The van der Waals surface area contributed by atoms with Crippen molar-refractivity contribution in [3.05, 3.63) is 85.1 Å². The number of fused-ring (bicyclic) bond motifs is 1. The minimum Gasteiger partial charge on any atom is -0.409 e. The molecule has 1 heterocycles. The molecule has 8 nitrogen and oxygen atoms in total. The van der Waals surface area contributed by atoms with Gasteiger partial charge in [-0.25, -0.2) is 9.36 Å². The minimum absolute atomic E-state index is 0.145. The summed E-state index contributed by atoms with van der Waals surface area (Å²) in [5.41, 5.74) is -0.488. The number of hydrogen-bond donors (Lipinski definition) is 0. The Kier molecular flexibility index (Phi) is 3.78. The number of para-hydroxylation sites is 1. The molecule has 3 rings (SSSR count). The van der Waals surface area contributed by atoms with Crippen LogP contribution in [0.3, 0.4) is 0 Å². The van der Waals surface area contributed by atoms with Crippen LogP contribution >= 0.6 is 0 Å². The zero-order valence-corrected chi connectivity index (χ0v) is 12.2. The fourth-order valence-corrected chi connectivity index (χ4v) is 2.25. The van der Waals surface area contributed by atoms with Crippen LogP contribution in [0.1, 0.15) is 10.4 Å². The lowest BCUT2D eigenvalue weighted by Gasteiger charge is -2.05. The van der Waals surface area contributed by atoms with Gasteiger partial charge in [-0.05, 0) is 24.3 Å². The molecule has 0 fully saturated rings. The quantitative estimate of drug-likeness (QED) is 0.410. The van der Waals surface area contributed by atoms with E-state index in [0.29, 0.717) is 4.57 Å². The molecule has 1 aromatic heterocycles. The monoisotopic (exact) mass is 326 g/mol. The lowest BCUT2D eigenvalue weighted by atomic mass is 10.1. The predicted octanol–water partition coefficient (Wildman–Crippen LogP) is 1.75. The van der Waals surface area contributed by atoms with Crippen LogP contribution in [0.25, 0.3) is 11.0 Å². The summed E-state index contributed by atoms with van der Waals surface area (Å²) in [5.74, 6) is -1.47. The van der Waals surface area contributed by atoms with Gasteiger partial charge in [-0.15, -0.1) is 0 Å². The van der Waals surface area contributed by atoms with Crippen LogP contribution in [0.15, 0.2) is 62.5 Å². The van der Waals surface area contributed by atoms with Gasteiger partial charge in [0.2, 0.25) is 0 Å². The molecule has 0 unspecified atom stereocenters. The van der Waals surface area contributed by atoms with Gasteiger partial charge in [-0.1, -0.05) is 12.1 Å². The first-order valence-corrected chi connectivity index (χ1v) is 6.88. The smallest absolute Gasteiger partial charge is 0.409 e. The lowest BCUT2D eigenvalue weighted by molar-refractivity contribution is -0.384. The maximum atomic E-state index is 12.3. The van der Waals surface area contributed by atoms with Crippen molar-refractivity contribution in [1.82, 2.24) is 4.57 Å². The zero-order chi connectivity index (χ0) is 17.3. The van der Waals surface area contributed by atoms with Crippen molar-refractivity contribution in [2.45, 2.75) is 6.54 Å². The van der Waals surface area contributed by atoms with Crippen molar-refractivity contribution in [2.24, 2.45) is 0 Å². The van der Waals surface area contributed by atoms with Crippen LogP contribution in [0.2, 0.25) is 0 Å². The molecule has 0 aliphatic heterocycles. The molecule has 0 spiro atoms. The molecule has 0 radical (unpaired) electrons. The van der Waals surface area contributed by atoms with Crippen LogP contribution in [-0.4, -0.2) is 15.3 Å². The van der Waals surface area contributed by atoms with E-state index in [1.165, 1.54) is 36.4 Å². The number of benzene rings is 2. The predicted molar refractivity (Wildman–Crippen MR) is 84.2 cm³/mol. The number of nitro benzene ring substituents is 1. The highest BCUT2D eigenvalue weighted by molar-refractivity contribution is 5.96. The fourth-order valence-electron chi connectivity index (χ4n) is 2.25. The van der Waals surface area contributed by atoms with Crippen LogP contribution in [-0.2, 0) is 6.54 Å². The van der Waals surface area contributed by atoms with Gasteiger partial charge >= 0.3 is 5.76 Å². The second-order valence-electron chi connectivity index (χ2n) is 4.98. The Morgan fingerprint density at radius 2 is 1.75 bits per heavy atom. The highest BCUT2D eigenvalue weighted by Gasteiger charge is 2.15.